The number of fused-ring (bicyclic) bond motifs is 1. The van der Waals surface area contributed by atoms with Crippen molar-refractivity contribution in [3.05, 3.63) is 34.5 Å². The van der Waals surface area contributed by atoms with E-state index in [1.165, 1.54) is 16.6 Å². The molecular weight excluding hydrogens is 314 g/mol. The van der Waals surface area contributed by atoms with Crippen LogP contribution in [0.15, 0.2) is 18.2 Å². The summed E-state index contributed by atoms with van der Waals surface area (Å²) in [6, 6.07) is 5.93. The van der Waals surface area contributed by atoms with E-state index in [1.807, 2.05) is 18.2 Å². The Hall–Kier alpha value is -1.72. The Labute approximate surface area is 140 Å². The summed E-state index contributed by atoms with van der Waals surface area (Å²) in [6.45, 7) is 5.37. The van der Waals surface area contributed by atoms with Gasteiger partial charge in [0.05, 0.1) is 6.54 Å². The number of ether oxygens (including phenoxy) is 1. The number of amides is 1. The number of benzene rings is 1. The third-order valence-electron chi connectivity index (χ3n) is 5.04. The van der Waals surface area contributed by atoms with Gasteiger partial charge in [-0.25, -0.2) is 4.79 Å². The minimum absolute atomic E-state index is 0.205. The number of aromatic amines is 1. The van der Waals surface area contributed by atoms with Gasteiger partial charge in [0.15, 0.2) is 0 Å². The third kappa shape index (κ3) is 2.48. The zero-order valence-electron chi connectivity index (χ0n) is 13.4. The molecule has 2 aromatic rings. The summed E-state index contributed by atoms with van der Waals surface area (Å²) in [7, 11) is 1.80. The molecule has 1 unspecified atom stereocenters. The van der Waals surface area contributed by atoms with Gasteiger partial charge in [-0.15, -0.1) is 0 Å². The number of likely N-dealkylation sites (N-methyl/N-ethyl adjacent to an activating group) is 1. The molecule has 1 N–H and O–H groups in total. The molecule has 2 fully saturated rings. The molecular formula is C17H20ClN3O2. The van der Waals surface area contributed by atoms with Crippen molar-refractivity contribution in [2.75, 3.05) is 26.7 Å². The van der Waals surface area contributed by atoms with Crippen LogP contribution in [0.4, 0.5) is 4.79 Å². The zero-order chi connectivity index (χ0) is 16.2. The molecule has 1 aromatic heterocycles. The summed E-state index contributed by atoms with van der Waals surface area (Å²) < 4.78 is 5.61. The van der Waals surface area contributed by atoms with E-state index in [2.05, 4.69) is 16.8 Å². The van der Waals surface area contributed by atoms with Crippen LogP contribution >= 0.6 is 11.6 Å². The molecule has 4 rings (SSSR count). The molecule has 0 saturated carbocycles. The van der Waals surface area contributed by atoms with Gasteiger partial charge in [0.1, 0.15) is 5.60 Å². The number of nitrogens with zero attached hydrogens (tertiary/aromatic N) is 2. The number of rotatable bonds is 2. The van der Waals surface area contributed by atoms with Crippen LogP contribution in [0.1, 0.15) is 17.7 Å². The Balaban J connectivity index is 1.53. The fourth-order valence-electron chi connectivity index (χ4n) is 3.80. The van der Waals surface area contributed by atoms with E-state index in [0.717, 1.165) is 36.6 Å². The summed E-state index contributed by atoms with van der Waals surface area (Å²) >= 11 is 6.10. The van der Waals surface area contributed by atoms with Crippen molar-refractivity contribution in [1.82, 2.24) is 14.8 Å². The van der Waals surface area contributed by atoms with E-state index in [4.69, 9.17) is 16.3 Å². The van der Waals surface area contributed by atoms with Crippen LogP contribution in [0.3, 0.4) is 0 Å². The van der Waals surface area contributed by atoms with Gasteiger partial charge >= 0.3 is 6.09 Å². The van der Waals surface area contributed by atoms with E-state index < -0.39 is 0 Å². The lowest BCUT2D eigenvalue weighted by Crippen LogP contribution is -2.37. The van der Waals surface area contributed by atoms with E-state index in [0.29, 0.717) is 6.54 Å². The first-order chi connectivity index (χ1) is 11.0. The van der Waals surface area contributed by atoms with Crippen LogP contribution in [-0.4, -0.2) is 53.2 Å². The maximum Gasteiger partial charge on any atom is 0.410 e. The number of nitrogens with one attached hydrogen (secondary N) is 1. The second-order valence-corrected chi connectivity index (χ2v) is 7.22. The van der Waals surface area contributed by atoms with Crippen molar-refractivity contribution in [2.24, 2.45) is 0 Å². The number of H-pyrrole nitrogens is 1. The van der Waals surface area contributed by atoms with Gasteiger partial charge < -0.3 is 14.6 Å². The maximum atomic E-state index is 11.7. The predicted molar refractivity (Wildman–Crippen MR) is 89.8 cm³/mol. The topological polar surface area (TPSA) is 48.6 Å². The van der Waals surface area contributed by atoms with Crippen LogP contribution in [0, 0.1) is 6.92 Å². The monoisotopic (exact) mass is 333 g/mol. The molecule has 122 valence electrons. The van der Waals surface area contributed by atoms with E-state index >= 15 is 0 Å². The Morgan fingerprint density at radius 3 is 2.96 bits per heavy atom. The van der Waals surface area contributed by atoms with Gasteiger partial charge in [0, 0.05) is 54.7 Å². The van der Waals surface area contributed by atoms with Crippen molar-refractivity contribution in [3.8, 4) is 0 Å². The number of aryl methyl sites for hydroxylation is 1. The number of halogens is 1. The van der Waals surface area contributed by atoms with Crippen LogP contribution in [0.25, 0.3) is 10.9 Å². The van der Waals surface area contributed by atoms with Crippen molar-refractivity contribution in [2.45, 2.75) is 25.5 Å². The number of hydrogen-bond acceptors (Lipinski definition) is 3. The highest BCUT2D eigenvalue weighted by atomic mass is 35.5. The molecule has 3 heterocycles. The van der Waals surface area contributed by atoms with E-state index in [-0.39, 0.29) is 11.7 Å². The molecule has 2 aliphatic heterocycles. The van der Waals surface area contributed by atoms with Gasteiger partial charge in [0.25, 0.3) is 0 Å². The number of likely N-dealkylation sites (tertiary alicyclic amines) is 1. The van der Waals surface area contributed by atoms with E-state index in [1.54, 1.807) is 11.9 Å². The minimum atomic E-state index is -0.324. The first-order valence-electron chi connectivity index (χ1n) is 7.89. The first kappa shape index (κ1) is 14.8. The zero-order valence-corrected chi connectivity index (χ0v) is 14.1. The quantitative estimate of drug-likeness (QED) is 0.918. The summed E-state index contributed by atoms with van der Waals surface area (Å²) in [5, 5.41) is 1.93. The number of carbonyl (C=O) groups is 1. The molecule has 0 bridgehead atoms. The highest BCUT2D eigenvalue weighted by Crippen LogP contribution is 2.33. The van der Waals surface area contributed by atoms with Gasteiger partial charge in [0.2, 0.25) is 0 Å². The second-order valence-electron chi connectivity index (χ2n) is 6.79. The average Bonchev–Trinajstić information content (AvgIpc) is 3.11. The third-order valence-corrected chi connectivity index (χ3v) is 5.28. The Morgan fingerprint density at radius 2 is 2.22 bits per heavy atom. The largest absolute Gasteiger partial charge is 0.439 e. The Kier molecular flexibility index (Phi) is 3.32. The average molecular weight is 334 g/mol. The predicted octanol–water partition coefficient (Wildman–Crippen LogP) is 3.16. The molecule has 0 aliphatic carbocycles. The molecule has 1 aromatic carbocycles. The molecule has 1 amide bonds. The summed E-state index contributed by atoms with van der Waals surface area (Å²) in [4.78, 5) is 19.2. The second kappa shape index (κ2) is 5.14. The van der Waals surface area contributed by atoms with Crippen molar-refractivity contribution in [1.29, 1.82) is 0 Å². The van der Waals surface area contributed by atoms with Crippen molar-refractivity contribution in [3.63, 3.8) is 0 Å². The number of hydrogen-bond donors (Lipinski definition) is 1. The Bertz CT molecular complexity index is 787. The SMILES string of the molecule is Cc1c(CN2CCC3(C2)CN(C)C(=O)O3)[nH]c2ccc(Cl)cc12. The molecule has 6 heteroatoms. The van der Waals surface area contributed by atoms with Crippen LogP contribution < -0.4 is 0 Å². The fourth-order valence-corrected chi connectivity index (χ4v) is 3.98. The van der Waals surface area contributed by atoms with Gasteiger partial charge in [-0.2, -0.15) is 0 Å². The lowest BCUT2D eigenvalue weighted by atomic mass is 10.0. The standard InChI is InChI=1S/C17H20ClN3O2/c1-11-13-7-12(18)3-4-14(13)19-15(11)8-21-6-5-17(10-21)9-20(2)16(22)23-17/h3-4,7,19H,5-6,8-10H2,1-2H3. The lowest BCUT2D eigenvalue weighted by Gasteiger charge is -2.21. The molecule has 23 heavy (non-hydrogen) atoms. The van der Waals surface area contributed by atoms with Crippen LogP contribution in [0.2, 0.25) is 5.02 Å². The lowest BCUT2D eigenvalue weighted by molar-refractivity contribution is 0.0626. The molecule has 1 spiro atoms. The molecule has 2 saturated heterocycles. The van der Waals surface area contributed by atoms with Gasteiger partial charge in [-0.3, -0.25) is 4.90 Å². The maximum absolute atomic E-state index is 11.7. The molecule has 2 aliphatic rings. The smallest absolute Gasteiger partial charge is 0.410 e. The van der Waals surface area contributed by atoms with Crippen molar-refractivity contribution < 1.29 is 9.53 Å². The minimum Gasteiger partial charge on any atom is -0.439 e. The molecule has 1 atom stereocenters. The normalized spacial score (nSPS) is 25.0. The van der Waals surface area contributed by atoms with Crippen LogP contribution in [-0.2, 0) is 11.3 Å². The summed E-state index contributed by atoms with van der Waals surface area (Å²) in [6.07, 6.45) is 0.692. The molecule has 5 nitrogen and oxygen atoms in total. The van der Waals surface area contributed by atoms with Crippen LogP contribution in [0.5, 0.6) is 0 Å². The van der Waals surface area contributed by atoms with Gasteiger partial charge in [-0.1, -0.05) is 11.6 Å². The summed E-state index contributed by atoms with van der Waals surface area (Å²) in [5.74, 6) is 0. The summed E-state index contributed by atoms with van der Waals surface area (Å²) in [5.41, 5.74) is 3.23. The number of aromatic nitrogens is 1. The van der Waals surface area contributed by atoms with Crippen molar-refractivity contribution >= 4 is 28.6 Å². The highest BCUT2D eigenvalue weighted by molar-refractivity contribution is 6.31. The van der Waals surface area contributed by atoms with Gasteiger partial charge in [-0.05, 0) is 30.7 Å². The Morgan fingerprint density at radius 1 is 1.39 bits per heavy atom. The molecule has 0 radical (unpaired) electrons. The fraction of sp³-hybridized carbons (Fsp3) is 0.471. The first-order valence-corrected chi connectivity index (χ1v) is 8.27. The van der Waals surface area contributed by atoms with E-state index in [9.17, 15) is 4.79 Å². The number of carbonyl (C=O) groups excluding carboxylic acids is 1. The highest BCUT2D eigenvalue weighted by Gasteiger charge is 2.48.